The first-order chi connectivity index (χ1) is 11.1. The molecule has 1 atom stereocenters. The van der Waals surface area contributed by atoms with Crippen LogP contribution in [0.2, 0.25) is 0 Å². The summed E-state index contributed by atoms with van der Waals surface area (Å²) < 4.78 is 5.42. The lowest BCUT2D eigenvalue weighted by Crippen LogP contribution is -2.58. The average Bonchev–Trinajstić information content (AvgIpc) is 2.62. The van der Waals surface area contributed by atoms with Gasteiger partial charge in [0.25, 0.3) is 0 Å². The molecule has 0 aromatic rings. The van der Waals surface area contributed by atoms with Gasteiger partial charge in [-0.05, 0) is 37.5 Å². The number of nitrogens with zero attached hydrogens (tertiary/aromatic N) is 2. The van der Waals surface area contributed by atoms with Crippen molar-refractivity contribution < 1.29 is 9.53 Å². The van der Waals surface area contributed by atoms with Crippen LogP contribution in [-0.4, -0.2) is 73.7 Å². The zero-order valence-electron chi connectivity index (χ0n) is 15.6. The molecular formula is C18H35Cl2N3O2. The monoisotopic (exact) mass is 395 g/mol. The zero-order valence-corrected chi connectivity index (χ0v) is 17.2. The number of morpholine rings is 1. The van der Waals surface area contributed by atoms with Crippen molar-refractivity contribution in [2.24, 2.45) is 11.8 Å². The number of rotatable bonds is 3. The summed E-state index contributed by atoms with van der Waals surface area (Å²) in [5.74, 6) is 1.98. The van der Waals surface area contributed by atoms with E-state index in [1.54, 1.807) is 0 Å². The van der Waals surface area contributed by atoms with Crippen LogP contribution in [0, 0.1) is 11.8 Å². The standard InChI is InChI=1S/C18H33N3O2.2ClH/c1-14(2)15-3-5-16(6-4-15)20-8-10-21(11-9-20)18(22)17-13-23-12-7-19-17;;/h14-17,19H,3-13H2,1-2H3;2*1H. The lowest BCUT2D eigenvalue weighted by Gasteiger charge is -2.43. The largest absolute Gasteiger partial charge is 0.378 e. The van der Waals surface area contributed by atoms with Crippen molar-refractivity contribution in [2.75, 3.05) is 45.9 Å². The molecule has 25 heavy (non-hydrogen) atoms. The van der Waals surface area contributed by atoms with Crippen LogP contribution in [0.5, 0.6) is 0 Å². The number of hydrogen-bond acceptors (Lipinski definition) is 4. The van der Waals surface area contributed by atoms with E-state index in [9.17, 15) is 4.79 Å². The van der Waals surface area contributed by atoms with Crippen LogP contribution in [0.1, 0.15) is 39.5 Å². The number of ether oxygens (including phenoxy) is 1. The summed E-state index contributed by atoms with van der Waals surface area (Å²) in [5.41, 5.74) is 0. The summed E-state index contributed by atoms with van der Waals surface area (Å²) in [4.78, 5) is 17.2. The number of amides is 1. The Hall–Kier alpha value is -0.0700. The Balaban J connectivity index is 0.00000156. The molecular weight excluding hydrogens is 361 g/mol. The van der Waals surface area contributed by atoms with Gasteiger partial charge in [0.1, 0.15) is 6.04 Å². The predicted octanol–water partition coefficient (Wildman–Crippen LogP) is 2.18. The summed E-state index contributed by atoms with van der Waals surface area (Å²) in [7, 11) is 0. The Labute approximate surface area is 165 Å². The Morgan fingerprint density at radius 2 is 1.68 bits per heavy atom. The third-order valence-electron chi connectivity index (χ3n) is 6.05. The van der Waals surface area contributed by atoms with E-state index >= 15 is 0 Å². The van der Waals surface area contributed by atoms with Gasteiger partial charge in [0.15, 0.2) is 0 Å². The molecule has 2 heterocycles. The highest BCUT2D eigenvalue weighted by Crippen LogP contribution is 2.32. The van der Waals surface area contributed by atoms with Crippen LogP contribution < -0.4 is 5.32 Å². The minimum Gasteiger partial charge on any atom is -0.378 e. The molecule has 1 amide bonds. The molecule has 5 nitrogen and oxygen atoms in total. The predicted molar refractivity (Wildman–Crippen MR) is 106 cm³/mol. The molecule has 0 radical (unpaired) electrons. The average molecular weight is 396 g/mol. The van der Waals surface area contributed by atoms with Crippen molar-refractivity contribution in [3.05, 3.63) is 0 Å². The highest BCUT2D eigenvalue weighted by atomic mass is 35.5. The van der Waals surface area contributed by atoms with Crippen molar-refractivity contribution in [3.63, 3.8) is 0 Å². The maximum Gasteiger partial charge on any atom is 0.242 e. The van der Waals surface area contributed by atoms with E-state index < -0.39 is 0 Å². The molecule has 3 fully saturated rings. The number of hydrogen-bond donors (Lipinski definition) is 1. The van der Waals surface area contributed by atoms with Crippen LogP contribution in [0.4, 0.5) is 0 Å². The molecule has 0 aromatic carbocycles. The van der Waals surface area contributed by atoms with E-state index in [1.165, 1.54) is 25.7 Å². The van der Waals surface area contributed by atoms with Gasteiger partial charge in [-0.2, -0.15) is 0 Å². The van der Waals surface area contributed by atoms with Crippen molar-refractivity contribution in [3.8, 4) is 0 Å². The maximum absolute atomic E-state index is 12.5. The fourth-order valence-electron chi connectivity index (χ4n) is 4.39. The number of carbonyl (C=O) groups excluding carboxylic acids is 1. The second-order valence-electron chi connectivity index (χ2n) is 7.76. The normalized spacial score (nSPS) is 31.2. The number of nitrogens with one attached hydrogen (secondary N) is 1. The summed E-state index contributed by atoms with van der Waals surface area (Å²) in [6.45, 7) is 10.6. The first-order valence-electron chi connectivity index (χ1n) is 9.49. The van der Waals surface area contributed by atoms with Crippen LogP contribution in [-0.2, 0) is 9.53 Å². The topological polar surface area (TPSA) is 44.8 Å². The van der Waals surface area contributed by atoms with E-state index in [1.807, 2.05) is 4.90 Å². The molecule has 2 aliphatic heterocycles. The molecule has 1 saturated carbocycles. The molecule has 2 saturated heterocycles. The number of halogens is 2. The molecule has 3 rings (SSSR count). The van der Waals surface area contributed by atoms with Crippen LogP contribution in [0.3, 0.4) is 0 Å². The van der Waals surface area contributed by atoms with Gasteiger partial charge in [0.2, 0.25) is 5.91 Å². The van der Waals surface area contributed by atoms with Crippen molar-refractivity contribution in [2.45, 2.75) is 51.6 Å². The molecule has 1 N–H and O–H groups in total. The minimum absolute atomic E-state index is 0. The van der Waals surface area contributed by atoms with Gasteiger partial charge in [0, 0.05) is 38.8 Å². The Kier molecular flexibility index (Phi) is 10.0. The summed E-state index contributed by atoms with van der Waals surface area (Å²) >= 11 is 0. The Morgan fingerprint density at radius 3 is 2.20 bits per heavy atom. The smallest absolute Gasteiger partial charge is 0.242 e. The molecule has 0 bridgehead atoms. The van der Waals surface area contributed by atoms with Gasteiger partial charge >= 0.3 is 0 Å². The van der Waals surface area contributed by atoms with Gasteiger partial charge in [-0.15, -0.1) is 24.8 Å². The molecule has 3 aliphatic rings. The molecule has 148 valence electrons. The van der Waals surface area contributed by atoms with Gasteiger partial charge in [-0.1, -0.05) is 13.8 Å². The highest BCUT2D eigenvalue weighted by molar-refractivity contribution is 5.85. The van der Waals surface area contributed by atoms with Gasteiger partial charge in [0.05, 0.1) is 13.2 Å². The molecule has 1 unspecified atom stereocenters. The summed E-state index contributed by atoms with van der Waals surface area (Å²) in [6, 6.07) is 0.621. The van der Waals surface area contributed by atoms with E-state index in [2.05, 4.69) is 24.1 Å². The summed E-state index contributed by atoms with van der Waals surface area (Å²) in [5, 5.41) is 3.28. The number of carbonyl (C=O) groups is 1. The Bertz CT molecular complexity index is 390. The lowest BCUT2D eigenvalue weighted by atomic mass is 9.79. The van der Waals surface area contributed by atoms with Gasteiger partial charge < -0.3 is 15.0 Å². The molecule has 1 aliphatic carbocycles. The third-order valence-corrected chi connectivity index (χ3v) is 6.05. The molecule has 0 spiro atoms. The first-order valence-corrected chi connectivity index (χ1v) is 9.49. The van der Waals surface area contributed by atoms with E-state index in [0.717, 1.165) is 57.2 Å². The number of piperazine rings is 1. The molecule has 0 aromatic heterocycles. The van der Waals surface area contributed by atoms with Gasteiger partial charge in [-0.3, -0.25) is 9.69 Å². The van der Waals surface area contributed by atoms with Crippen LogP contribution >= 0.6 is 24.8 Å². The third kappa shape index (κ3) is 5.96. The second kappa shape index (κ2) is 10.9. The first kappa shape index (κ1) is 23.0. The highest BCUT2D eigenvalue weighted by Gasteiger charge is 2.32. The van der Waals surface area contributed by atoms with Crippen molar-refractivity contribution in [1.82, 2.24) is 15.1 Å². The quantitative estimate of drug-likeness (QED) is 0.794. The van der Waals surface area contributed by atoms with E-state index in [4.69, 9.17) is 4.74 Å². The van der Waals surface area contributed by atoms with Crippen molar-refractivity contribution in [1.29, 1.82) is 0 Å². The van der Waals surface area contributed by atoms with Gasteiger partial charge in [-0.25, -0.2) is 0 Å². The fourth-order valence-corrected chi connectivity index (χ4v) is 4.39. The second-order valence-corrected chi connectivity index (χ2v) is 7.76. The van der Waals surface area contributed by atoms with Crippen molar-refractivity contribution >= 4 is 30.7 Å². The Morgan fingerprint density at radius 1 is 1.04 bits per heavy atom. The fraction of sp³-hybridized carbons (Fsp3) is 0.944. The van der Waals surface area contributed by atoms with Crippen LogP contribution in [0.25, 0.3) is 0 Å². The lowest BCUT2D eigenvalue weighted by molar-refractivity contribution is -0.138. The molecule has 7 heteroatoms. The van der Waals surface area contributed by atoms with E-state index in [-0.39, 0.29) is 36.8 Å². The van der Waals surface area contributed by atoms with E-state index in [0.29, 0.717) is 6.61 Å². The maximum atomic E-state index is 12.5. The zero-order chi connectivity index (χ0) is 16.2. The SMILES string of the molecule is CC(C)C1CCC(N2CCN(C(=O)C3COCCN3)CC2)CC1.Cl.Cl. The summed E-state index contributed by atoms with van der Waals surface area (Å²) in [6.07, 6.45) is 5.44. The minimum atomic E-state index is -0.128. The van der Waals surface area contributed by atoms with Crippen LogP contribution in [0.15, 0.2) is 0 Å².